The molecule has 0 saturated carbocycles. The molecule has 0 unspecified atom stereocenters. The van der Waals surface area contributed by atoms with Crippen LogP contribution in [-0.2, 0) is 20.8 Å². The first-order valence-corrected chi connectivity index (χ1v) is 13.4. The van der Waals surface area contributed by atoms with Crippen LogP contribution < -0.4 is 16.0 Å². The average molecular weight is 482 g/mol. The Balaban J connectivity index is 2.89. The van der Waals surface area contributed by atoms with E-state index in [1.165, 1.54) is 6.92 Å². The fourth-order valence-electron chi connectivity index (χ4n) is 3.33. The second-order valence-electron chi connectivity index (χ2n) is 8.20. The van der Waals surface area contributed by atoms with Gasteiger partial charge in [0.2, 0.25) is 17.7 Å². The van der Waals surface area contributed by atoms with Crippen molar-refractivity contribution in [1.29, 1.82) is 0 Å². The number of amides is 3. The minimum absolute atomic E-state index is 0.0686. The molecule has 0 heterocycles. The summed E-state index contributed by atoms with van der Waals surface area (Å²) in [5.41, 5.74) is 1.16. The summed E-state index contributed by atoms with van der Waals surface area (Å²) in [6, 6.07) is 8.70. The zero-order valence-electron chi connectivity index (χ0n) is 20.1. The van der Waals surface area contributed by atoms with Crippen molar-refractivity contribution in [3.63, 3.8) is 0 Å². The Morgan fingerprint density at radius 3 is 1.97 bits per heavy atom. The first kappa shape index (κ1) is 28.4. The van der Waals surface area contributed by atoms with Crippen LogP contribution in [0, 0.1) is 5.92 Å². The lowest BCUT2D eigenvalue weighted by molar-refractivity contribution is -0.131. The van der Waals surface area contributed by atoms with Gasteiger partial charge in [-0.15, -0.1) is 23.5 Å². The molecule has 8 heteroatoms. The molecule has 0 aromatic heterocycles. The van der Waals surface area contributed by atoms with Crippen LogP contribution in [0.25, 0.3) is 0 Å². The van der Waals surface area contributed by atoms with Crippen LogP contribution in [0.3, 0.4) is 0 Å². The number of carbonyl (C=O) groups is 3. The average Bonchev–Trinajstić information content (AvgIpc) is 2.72. The van der Waals surface area contributed by atoms with Crippen LogP contribution >= 0.6 is 23.5 Å². The maximum Gasteiger partial charge on any atom is 0.243 e. The van der Waals surface area contributed by atoms with Crippen molar-refractivity contribution in [2.45, 2.75) is 77.1 Å². The van der Waals surface area contributed by atoms with E-state index in [0.29, 0.717) is 6.42 Å². The topological polar surface area (TPSA) is 87.3 Å². The Bertz CT molecular complexity index is 710. The van der Waals surface area contributed by atoms with E-state index >= 15 is 0 Å². The molecule has 0 saturated heterocycles. The molecule has 0 aliphatic heterocycles. The van der Waals surface area contributed by atoms with E-state index in [0.717, 1.165) is 23.5 Å². The number of nitrogens with one attached hydrogen (secondary N) is 3. The Kier molecular flexibility index (Phi) is 13.5. The Morgan fingerprint density at radius 1 is 0.875 bits per heavy atom. The van der Waals surface area contributed by atoms with Crippen molar-refractivity contribution in [3.05, 3.63) is 35.9 Å². The Morgan fingerprint density at radius 2 is 1.47 bits per heavy atom. The molecule has 1 aromatic rings. The highest BCUT2D eigenvalue weighted by Gasteiger charge is 2.28. The van der Waals surface area contributed by atoms with Gasteiger partial charge < -0.3 is 16.0 Å². The fourth-order valence-corrected chi connectivity index (χ4v) is 5.98. The number of benzene rings is 1. The van der Waals surface area contributed by atoms with Crippen LogP contribution in [0.5, 0.6) is 0 Å². The lowest BCUT2D eigenvalue weighted by Gasteiger charge is -2.29. The van der Waals surface area contributed by atoms with Gasteiger partial charge in [0.15, 0.2) is 0 Å². The summed E-state index contributed by atoms with van der Waals surface area (Å²) < 4.78 is 0.213. The largest absolute Gasteiger partial charge is 0.349 e. The zero-order valence-corrected chi connectivity index (χ0v) is 21.8. The molecule has 6 nitrogen and oxygen atoms in total. The van der Waals surface area contributed by atoms with Crippen LogP contribution in [0.1, 0.15) is 53.5 Å². The van der Waals surface area contributed by atoms with E-state index in [9.17, 15) is 14.4 Å². The van der Waals surface area contributed by atoms with E-state index in [-0.39, 0.29) is 34.3 Å². The molecule has 0 bridgehead atoms. The molecule has 180 valence electrons. The molecule has 3 amide bonds. The van der Waals surface area contributed by atoms with Crippen LogP contribution in [-0.4, -0.2) is 51.9 Å². The molecule has 0 aliphatic rings. The van der Waals surface area contributed by atoms with Gasteiger partial charge >= 0.3 is 0 Å². The standard InChI is InChI=1S/C24H39N3O3S2/c1-7-31-24(32-8-2)21(15-19-12-10-9-11-13-19)27-22(29)17(5)25-23(30)20(14-16(3)4)26-18(6)28/h9-13,16-17,20-21,24H,7-8,14-15H2,1-6H3,(H,25,30)(H,26,28)(H,27,29)/t17-,20-,21-/m0/s1. The smallest absolute Gasteiger partial charge is 0.243 e. The molecule has 0 spiro atoms. The number of carbonyl (C=O) groups excluding carboxylic acids is 3. The van der Waals surface area contributed by atoms with Gasteiger partial charge in [-0.25, -0.2) is 0 Å². The minimum atomic E-state index is -0.705. The zero-order chi connectivity index (χ0) is 24.1. The van der Waals surface area contributed by atoms with Gasteiger partial charge in [0.25, 0.3) is 0 Å². The van der Waals surface area contributed by atoms with Gasteiger partial charge in [-0.05, 0) is 42.8 Å². The quantitative estimate of drug-likeness (QED) is 0.354. The second-order valence-corrected chi connectivity index (χ2v) is 11.3. The minimum Gasteiger partial charge on any atom is -0.349 e. The Labute approximate surface area is 201 Å². The first-order valence-electron chi connectivity index (χ1n) is 11.3. The van der Waals surface area contributed by atoms with Crippen molar-refractivity contribution in [3.8, 4) is 0 Å². The summed E-state index contributed by atoms with van der Waals surface area (Å²) in [6.45, 7) is 11.3. The third-order valence-corrected chi connectivity index (χ3v) is 7.57. The third kappa shape index (κ3) is 10.8. The van der Waals surface area contributed by atoms with Gasteiger partial charge in [-0.1, -0.05) is 58.0 Å². The molecule has 3 N–H and O–H groups in total. The molecule has 32 heavy (non-hydrogen) atoms. The van der Waals surface area contributed by atoms with Crippen molar-refractivity contribution < 1.29 is 14.4 Å². The molecule has 0 fully saturated rings. The van der Waals surface area contributed by atoms with Gasteiger partial charge in [-0.3, -0.25) is 14.4 Å². The van der Waals surface area contributed by atoms with Crippen molar-refractivity contribution >= 4 is 41.2 Å². The van der Waals surface area contributed by atoms with E-state index in [1.54, 1.807) is 6.92 Å². The summed E-state index contributed by atoms with van der Waals surface area (Å²) in [5.74, 6) is 1.33. The summed E-state index contributed by atoms with van der Waals surface area (Å²) in [5, 5.41) is 8.65. The predicted octanol–water partition coefficient (Wildman–Crippen LogP) is 3.60. The maximum atomic E-state index is 13.0. The SMILES string of the molecule is CCSC(SCC)[C@H](Cc1ccccc1)NC(=O)[C@H](C)NC(=O)[C@H](CC(C)C)NC(C)=O. The molecule has 0 aliphatic carbocycles. The van der Waals surface area contributed by atoms with E-state index in [4.69, 9.17) is 0 Å². The normalized spacial score (nSPS) is 14.0. The van der Waals surface area contributed by atoms with Gasteiger partial charge in [0.05, 0.1) is 10.6 Å². The Hall–Kier alpha value is -1.67. The highest BCUT2D eigenvalue weighted by Crippen LogP contribution is 2.28. The van der Waals surface area contributed by atoms with Crippen molar-refractivity contribution in [2.24, 2.45) is 5.92 Å². The monoisotopic (exact) mass is 481 g/mol. The highest BCUT2D eigenvalue weighted by molar-refractivity contribution is 8.17. The van der Waals surface area contributed by atoms with Gasteiger partial charge in [0, 0.05) is 6.92 Å². The molecule has 1 aromatic carbocycles. The van der Waals surface area contributed by atoms with Crippen molar-refractivity contribution in [1.82, 2.24) is 16.0 Å². The van der Waals surface area contributed by atoms with Gasteiger partial charge in [0.1, 0.15) is 12.1 Å². The van der Waals surface area contributed by atoms with Crippen LogP contribution in [0.4, 0.5) is 0 Å². The molecule has 0 radical (unpaired) electrons. The van der Waals surface area contributed by atoms with Crippen LogP contribution in [0.2, 0.25) is 0 Å². The predicted molar refractivity (Wildman–Crippen MR) is 137 cm³/mol. The third-order valence-electron chi connectivity index (χ3n) is 4.77. The number of rotatable bonds is 14. The lowest BCUT2D eigenvalue weighted by atomic mass is 10.0. The molecule has 3 atom stereocenters. The summed E-state index contributed by atoms with van der Waals surface area (Å²) in [7, 11) is 0. The molecular formula is C24H39N3O3S2. The summed E-state index contributed by atoms with van der Waals surface area (Å²) >= 11 is 3.66. The summed E-state index contributed by atoms with van der Waals surface area (Å²) in [4.78, 5) is 37.3. The molecule has 1 rings (SSSR count). The lowest BCUT2D eigenvalue weighted by Crippen LogP contribution is -2.55. The van der Waals surface area contributed by atoms with E-state index in [2.05, 4.69) is 41.9 Å². The molecular weight excluding hydrogens is 442 g/mol. The second kappa shape index (κ2) is 15.2. The van der Waals surface area contributed by atoms with E-state index < -0.39 is 12.1 Å². The maximum absolute atomic E-state index is 13.0. The van der Waals surface area contributed by atoms with Crippen molar-refractivity contribution in [2.75, 3.05) is 11.5 Å². The highest BCUT2D eigenvalue weighted by atomic mass is 32.2. The first-order chi connectivity index (χ1) is 15.2. The van der Waals surface area contributed by atoms with Gasteiger partial charge in [-0.2, -0.15) is 0 Å². The summed E-state index contributed by atoms with van der Waals surface area (Å²) in [6.07, 6.45) is 1.23. The number of hydrogen-bond acceptors (Lipinski definition) is 5. The fraction of sp³-hybridized carbons (Fsp3) is 0.625. The van der Waals surface area contributed by atoms with Crippen LogP contribution in [0.15, 0.2) is 30.3 Å². The van der Waals surface area contributed by atoms with E-state index in [1.807, 2.05) is 55.6 Å². The number of hydrogen-bond donors (Lipinski definition) is 3. The number of thioether (sulfide) groups is 2.